The number of halogens is 1. The number of aliphatic hydroxyl groups is 1. The Morgan fingerprint density at radius 1 is 1.48 bits per heavy atom. The minimum Gasteiger partial charge on any atom is -0.483 e. The molecule has 0 saturated heterocycles. The second-order valence-electron chi connectivity index (χ2n) is 5.64. The van der Waals surface area contributed by atoms with Gasteiger partial charge in [0.05, 0.1) is 6.10 Å². The SMILES string of the molecule is Cc1c(Cl)cccc1OCC(=O)NCC1CCCC(O)C1. The molecule has 2 unspecified atom stereocenters. The van der Waals surface area contributed by atoms with Gasteiger partial charge in [-0.3, -0.25) is 4.79 Å². The first-order valence-electron chi connectivity index (χ1n) is 7.39. The maximum absolute atomic E-state index is 11.8. The van der Waals surface area contributed by atoms with Crippen molar-refractivity contribution in [1.29, 1.82) is 0 Å². The highest BCUT2D eigenvalue weighted by Crippen LogP contribution is 2.25. The van der Waals surface area contributed by atoms with Crippen molar-refractivity contribution in [2.45, 2.75) is 38.7 Å². The number of benzene rings is 1. The van der Waals surface area contributed by atoms with Crippen molar-refractivity contribution in [2.24, 2.45) is 5.92 Å². The van der Waals surface area contributed by atoms with E-state index in [1.807, 2.05) is 6.92 Å². The molecule has 1 aromatic carbocycles. The lowest BCUT2D eigenvalue weighted by molar-refractivity contribution is -0.123. The van der Waals surface area contributed by atoms with Crippen LogP contribution in [-0.4, -0.2) is 30.3 Å². The van der Waals surface area contributed by atoms with Crippen molar-refractivity contribution in [3.8, 4) is 5.75 Å². The fourth-order valence-corrected chi connectivity index (χ4v) is 2.81. The van der Waals surface area contributed by atoms with Crippen molar-refractivity contribution < 1.29 is 14.6 Å². The second kappa shape index (κ2) is 7.66. The van der Waals surface area contributed by atoms with E-state index in [1.165, 1.54) is 0 Å². The number of carbonyl (C=O) groups excluding carboxylic acids is 1. The van der Waals surface area contributed by atoms with Crippen molar-refractivity contribution >= 4 is 17.5 Å². The van der Waals surface area contributed by atoms with Gasteiger partial charge in [-0.1, -0.05) is 24.1 Å². The fourth-order valence-electron chi connectivity index (χ4n) is 2.64. The first-order valence-corrected chi connectivity index (χ1v) is 7.76. The normalized spacial score (nSPS) is 21.9. The lowest BCUT2D eigenvalue weighted by Crippen LogP contribution is -2.35. The van der Waals surface area contributed by atoms with Crippen LogP contribution in [0.5, 0.6) is 5.75 Å². The molecule has 1 fully saturated rings. The molecule has 2 atom stereocenters. The third-order valence-electron chi connectivity index (χ3n) is 3.92. The molecule has 0 heterocycles. The molecule has 1 aromatic rings. The molecule has 2 rings (SSSR count). The lowest BCUT2D eigenvalue weighted by atomic mass is 9.87. The van der Waals surface area contributed by atoms with Crippen molar-refractivity contribution in [3.63, 3.8) is 0 Å². The number of hydrogen-bond acceptors (Lipinski definition) is 3. The highest BCUT2D eigenvalue weighted by Gasteiger charge is 2.20. The number of aliphatic hydroxyl groups excluding tert-OH is 1. The molecule has 4 nitrogen and oxygen atoms in total. The summed E-state index contributed by atoms with van der Waals surface area (Å²) in [5, 5.41) is 13.1. The molecule has 0 radical (unpaired) electrons. The maximum Gasteiger partial charge on any atom is 0.257 e. The predicted molar refractivity (Wildman–Crippen MR) is 82.7 cm³/mol. The van der Waals surface area contributed by atoms with Crippen LogP contribution in [0.1, 0.15) is 31.2 Å². The predicted octanol–water partition coefficient (Wildman–Crippen LogP) is 2.69. The summed E-state index contributed by atoms with van der Waals surface area (Å²) in [6.07, 6.45) is 3.52. The molecule has 0 spiro atoms. The third kappa shape index (κ3) is 4.90. The number of carbonyl (C=O) groups is 1. The molecule has 2 N–H and O–H groups in total. The Morgan fingerprint density at radius 2 is 2.29 bits per heavy atom. The van der Waals surface area contributed by atoms with E-state index in [0.29, 0.717) is 23.2 Å². The monoisotopic (exact) mass is 311 g/mol. The summed E-state index contributed by atoms with van der Waals surface area (Å²) in [5.74, 6) is 0.853. The average molecular weight is 312 g/mol. The quantitative estimate of drug-likeness (QED) is 0.879. The van der Waals surface area contributed by atoms with Crippen LogP contribution in [0.3, 0.4) is 0 Å². The van der Waals surface area contributed by atoms with E-state index in [2.05, 4.69) is 5.32 Å². The van der Waals surface area contributed by atoms with Gasteiger partial charge in [-0.05, 0) is 44.2 Å². The Bertz CT molecular complexity index is 492. The molecule has 116 valence electrons. The van der Waals surface area contributed by atoms with E-state index in [4.69, 9.17) is 16.3 Å². The third-order valence-corrected chi connectivity index (χ3v) is 4.33. The van der Waals surface area contributed by atoms with Gasteiger partial charge in [0.15, 0.2) is 6.61 Å². The highest BCUT2D eigenvalue weighted by molar-refractivity contribution is 6.31. The summed E-state index contributed by atoms with van der Waals surface area (Å²) in [4.78, 5) is 11.8. The summed E-state index contributed by atoms with van der Waals surface area (Å²) >= 11 is 6.00. The summed E-state index contributed by atoms with van der Waals surface area (Å²) < 4.78 is 5.49. The first kappa shape index (κ1) is 16.1. The number of amides is 1. The molecular weight excluding hydrogens is 290 g/mol. The van der Waals surface area contributed by atoms with E-state index in [-0.39, 0.29) is 18.6 Å². The molecule has 1 amide bonds. The number of hydrogen-bond donors (Lipinski definition) is 2. The summed E-state index contributed by atoms with van der Waals surface area (Å²) in [5.41, 5.74) is 0.836. The minimum absolute atomic E-state index is 0.0174. The van der Waals surface area contributed by atoms with Crippen LogP contribution in [0.25, 0.3) is 0 Å². The van der Waals surface area contributed by atoms with E-state index in [1.54, 1.807) is 18.2 Å². The van der Waals surface area contributed by atoms with E-state index in [9.17, 15) is 9.90 Å². The zero-order valence-corrected chi connectivity index (χ0v) is 13.0. The van der Waals surface area contributed by atoms with Gasteiger partial charge in [0.25, 0.3) is 5.91 Å². The van der Waals surface area contributed by atoms with E-state index in [0.717, 1.165) is 31.2 Å². The van der Waals surface area contributed by atoms with Gasteiger partial charge in [-0.25, -0.2) is 0 Å². The van der Waals surface area contributed by atoms with E-state index >= 15 is 0 Å². The Hall–Kier alpha value is -1.26. The molecular formula is C16H22ClNO3. The van der Waals surface area contributed by atoms with Gasteiger partial charge in [0.1, 0.15) is 5.75 Å². The Balaban J connectivity index is 1.73. The summed E-state index contributed by atoms with van der Waals surface area (Å²) in [7, 11) is 0. The van der Waals surface area contributed by atoms with Gasteiger partial charge < -0.3 is 15.2 Å². The average Bonchev–Trinajstić information content (AvgIpc) is 2.47. The maximum atomic E-state index is 11.8. The standard InChI is InChI=1S/C16H22ClNO3/c1-11-14(17)6-3-7-15(11)21-10-16(20)18-9-12-4-2-5-13(19)8-12/h3,6-7,12-13,19H,2,4-5,8-10H2,1H3,(H,18,20). The Morgan fingerprint density at radius 3 is 3.05 bits per heavy atom. The van der Waals surface area contributed by atoms with Crippen LogP contribution in [-0.2, 0) is 4.79 Å². The van der Waals surface area contributed by atoms with Crippen LogP contribution in [0.4, 0.5) is 0 Å². The molecule has 1 saturated carbocycles. The van der Waals surface area contributed by atoms with Crippen LogP contribution >= 0.6 is 11.6 Å². The van der Waals surface area contributed by atoms with E-state index < -0.39 is 0 Å². The lowest BCUT2D eigenvalue weighted by Gasteiger charge is -2.25. The van der Waals surface area contributed by atoms with Crippen LogP contribution in [0.15, 0.2) is 18.2 Å². The van der Waals surface area contributed by atoms with Gasteiger partial charge in [-0.15, -0.1) is 0 Å². The molecule has 0 bridgehead atoms. The van der Waals surface area contributed by atoms with Crippen molar-refractivity contribution in [3.05, 3.63) is 28.8 Å². The topological polar surface area (TPSA) is 58.6 Å². The highest BCUT2D eigenvalue weighted by atomic mass is 35.5. The van der Waals surface area contributed by atoms with Gasteiger partial charge in [-0.2, -0.15) is 0 Å². The molecule has 21 heavy (non-hydrogen) atoms. The largest absolute Gasteiger partial charge is 0.483 e. The van der Waals surface area contributed by atoms with Crippen LogP contribution in [0, 0.1) is 12.8 Å². The minimum atomic E-state index is -0.217. The smallest absolute Gasteiger partial charge is 0.257 e. The molecule has 1 aliphatic rings. The summed E-state index contributed by atoms with van der Waals surface area (Å²) in [6, 6.07) is 5.39. The molecule has 0 aliphatic heterocycles. The Labute approximate surface area is 130 Å². The van der Waals surface area contributed by atoms with Crippen molar-refractivity contribution in [1.82, 2.24) is 5.32 Å². The first-order chi connectivity index (χ1) is 10.1. The van der Waals surface area contributed by atoms with Crippen LogP contribution < -0.4 is 10.1 Å². The van der Waals surface area contributed by atoms with Crippen LogP contribution in [0.2, 0.25) is 5.02 Å². The molecule has 1 aliphatic carbocycles. The fraction of sp³-hybridized carbons (Fsp3) is 0.562. The molecule has 0 aromatic heterocycles. The van der Waals surface area contributed by atoms with Gasteiger partial charge in [0, 0.05) is 17.1 Å². The second-order valence-corrected chi connectivity index (χ2v) is 6.05. The van der Waals surface area contributed by atoms with Crippen molar-refractivity contribution in [2.75, 3.05) is 13.2 Å². The van der Waals surface area contributed by atoms with Gasteiger partial charge >= 0.3 is 0 Å². The number of nitrogens with one attached hydrogen (secondary N) is 1. The zero-order valence-electron chi connectivity index (χ0n) is 12.3. The number of rotatable bonds is 5. The van der Waals surface area contributed by atoms with Gasteiger partial charge in [0.2, 0.25) is 0 Å². The Kier molecular flexibility index (Phi) is 5.88. The zero-order chi connectivity index (χ0) is 15.2. The summed E-state index contributed by atoms with van der Waals surface area (Å²) in [6.45, 7) is 2.45. The number of ether oxygens (including phenoxy) is 1. The molecule has 5 heteroatoms.